The summed E-state index contributed by atoms with van der Waals surface area (Å²) < 4.78 is 34.8. The normalized spacial score (nSPS) is 11.0. The molecule has 0 amide bonds. The number of benzene rings is 2. The lowest BCUT2D eigenvalue weighted by Gasteiger charge is -2.13. The third-order valence-electron chi connectivity index (χ3n) is 3.41. The average Bonchev–Trinajstić information content (AvgIpc) is 2.53. The molecule has 0 aliphatic heterocycles. The molecular formula is C16H11BrF2N2O. The van der Waals surface area contributed by atoms with Crippen LogP contribution in [-0.2, 0) is 0 Å². The van der Waals surface area contributed by atoms with E-state index in [0.717, 1.165) is 0 Å². The Bertz CT molecular complexity index is 884. The van der Waals surface area contributed by atoms with Gasteiger partial charge in [-0.2, -0.15) is 0 Å². The van der Waals surface area contributed by atoms with Gasteiger partial charge >= 0.3 is 0 Å². The van der Waals surface area contributed by atoms with Crippen LogP contribution in [0.2, 0.25) is 0 Å². The summed E-state index contributed by atoms with van der Waals surface area (Å²) in [7, 11) is 1.35. The van der Waals surface area contributed by atoms with E-state index in [4.69, 9.17) is 4.74 Å². The van der Waals surface area contributed by atoms with Gasteiger partial charge in [-0.15, -0.1) is 0 Å². The molecule has 0 N–H and O–H groups in total. The van der Waals surface area contributed by atoms with Gasteiger partial charge in [0.15, 0.2) is 11.6 Å². The Morgan fingerprint density at radius 2 is 1.73 bits per heavy atom. The summed E-state index contributed by atoms with van der Waals surface area (Å²) in [6.07, 6.45) is 3.02. The molecule has 0 atom stereocenters. The van der Waals surface area contributed by atoms with E-state index in [1.165, 1.54) is 25.6 Å². The van der Waals surface area contributed by atoms with Gasteiger partial charge in [-0.1, -0.05) is 6.07 Å². The first-order valence-electron chi connectivity index (χ1n) is 6.46. The summed E-state index contributed by atoms with van der Waals surface area (Å²) in [5.41, 5.74) is 1.44. The molecule has 3 nitrogen and oxygen atoms in total. The number of halogens is 3. The second-order valence-corrected chi connectivity index (χ2v) is 5.60. The van der Waals surface area contributed by atoms with Crippen molar-refractivity contribution in [3.8, 4) is 16.9 Å². The third-order valence-corrected chi connectivity index (χ3v) is 4.05. The molecule has 0 aliphatic carbocycles. The Kier molecular flexibility index (Phi) is 3.78. The minimum absolute atomic E-state index is 0.00569. The number of ether oxygens (including phenoxy) is 1. The molecule has 1 aromatic heterocycles. The van der Waals surface area contributed by atoms with Gasteiger partial charge in [0, 0.05) is 22.4 Å². The van der Waals surface area contributed by atoms with Crippen LogP contribution in [0.25, 0.3) is 22.2 Å². The monoisotopic (exact) mass is 364 g/mol. The van der Waals surface area contributed by atoms with E-state index in [0.29, 0.717) is 26.6 Å². The lowest BCUT2D eigenvalue weighted by Crippen LogP contribution is -1.99. The molecule has 0 radical (unpaired) electrons. The third kappa shape index (κ3) is 2.23. The number of hydrogen-bond acceptors (Lipinski definition) is 3. The van der Waals surface area contributed by atoms with Crippen LogP contribution >= 0.6 is 15.9 Å². The zero-order valence-corrected chi connectivity index (χ0v) is 13.4. The van der Waals surface area contributed by atoms with Crippen molar-refractivity contribution in [2.45, 2.75) is 6.92 Å². The average molecular weight is 365 g/mol. The zero-order valence-electron chi connectivity index (χ0n) is 11.8. The molecule has 0 saturated carbocycles. The standard InChI is InChI=1S/C16H11BrF2N2O/c1-8-7-11(22-2)14(19)12(13(8)18)9-3-4-10(17)16-15(9)20-5-6-21-16/h3-7H,1-2H3. The van der Waals surface area contributed by atoms with E-state index >= 15 is 0 Å². The Balaban J connectivity index is 2.43. The lowest BCUT2D eigenvalue weighted by molar-refractivity contribution is 0.384. The molecule has 0 aliphatic rings. The molecule has 1 heterocycles. The predicted octanol–water partition coefficient (Wildman–Crippen LogP) is 4.65. The lowest BCUT2D eigenvalue weighted by atomic mass is 9.99. The SMILES string of the molecule is COc1cc(C)c(F)c(-c2ccc(Br)c3nccnc23)c1F. The Morgan fingerprint density at radius 3 is 2.41 bits per heavy atom. The minimum Gasteiger partial charge on any atom is -0.494 e. The maximum Gasteiger partial charge on any atom is 0.175 e. The predicted molar refractivity (Wildman–Crippen MR) is 83.9 cm³/mol. The summed E-state index contributed by atoms with van der Waals surface area (Å²) in [6, 6.07) is 4.64. The first-order chi connectivity index (χ1) is 10.5. The van der Waals surface area contributed by atoms with Gasteiger partial charge < -0.3 is 4.74 Å². The topological polar surface area (TPSA) is 35.0 Å². The number of methoxy groups -OCH3 is 1. The van der Waals surface area contributed by atoms with E-state index in [-0.39, 0.29) is 11.3 Å². The van der Waals surface area contributed by atoms with Gasteiger partial charge in [0.05, 0.1) is 18.2 Å². The van der Waals surface area contributed by atoms with Crippen molar-refractivity contribution in [3.63, 3.8) is 0 Å². The highest BCUT2D eigenvalue weighted by atomic mass is 79.9. The largest absolute Gasteiger partial charge is 0.494 e. The highest BCUT2D eigenvalue weighted by Crippen LogP contribution is 2.38. The summed E-state index contributed by atoms with van der Waals surface area (Å²) in [5, 5.41) is 0. The summed E-state index contributed by atoms with van der Waals surface area (Å²) in [4.78, 5) is 8.42. The van der Waals surface area contributed by atoms with Crippen LogP contribution in [0.5, 0.6) is 5.75 Å². The minimum atomic E-state index is -0.750. The van der Waals surface area contributed by atoms with Gasteiger partial charge in [-0.05, 0) is 40.5 Å². The second kappa shape index (κ2) is 5.61. The van der Waals surface area contributed by atoms with Crippen molar-refractivity contribution >= 4 is 27.0 Å². The molecule has 22 heavy (non-hydrogen) atoms. The van der Waals surface area contributed by atoms with Crippen molar-refractivity contribution < 1.29 is 13.5 Å². The first-order valence-corrected chi connectivity index (χ1v) is 7.26. The number of aryl methyl sites for hydroxylation is 1. The molecule has 0 bridgehead atoms. The van der Waals surface area contributed by atoms with E-state index in [2.05, 4.69) is 25.9 Å². The molecular weight excluding hydrogens is 354 g/mol. The highest BCUT2D eigenvalue weighted by molar-refractivity contribution is 9.10. The molecule has 6 heteroatoms. The number of rotatable bonds is 2. The molecule has 0 spiro atoms. The van der Waals surface area contributed by atoms with Crippen molar-refractivity contribution in [2.75, 3.05) is 7.11 Å². The van der Waals surface area contributed by atoms with E-state index in [1.807, 2.05) is 0 Å². The Labute approximate surface area is 134 Å². The number of nitrogens with zero attached hydrogens (tertiary/aromatic N) is 2. The van der Waals surface area contributed by atoms with Crippen LogP contribution in [-0.4, -0.2) is 17.1 Å². The van der Waals surface area contributed by atoms with Crippen molar-refractivity contribution in [3.05, 3.63) is 52.3 Å². The van der Waals surface area contributed by atoms with Crippen molar-refractivity contribution in [1.82, 2.24) is 9.97 Å². The number of hydrogen-bond donors (Lipinski definition) is 0. The molecule has 2 aromatic carbocycles. The van der Waals surface area contributed by atoms with Crippen molar-refractivity contribution in [1.29, 1.82) is 0 Å². The number of fused-ring (bicyclic) bond motifs is 1. The first kappa shape index (κ1) is 14.8. The molecule has 3 rings (SSSR count). The highest BCUT2D eigenvalue weighted by Gasteiger charge is 2.21. The van der Waals surface area contributed by atoms with Gasteiger partial charge in [0.2, 0.25) is 0 Å². The maximum atomic E-state index is 14.6. The summed E-state index contributed by atoms with van der Waals surface area (Å²) in [6.45, 7) is 1.56. The van der Waals surface area contributed by atoms with Gasteiger partial charge in [-0.3, -0.25) is 9.97 Å². The molecule has 3 aromatic rings. The Morgan fingerprint density at radius 1 is 1.05 bits per heavy atom. The second-order valence-electron chi connectivity index (χ2n) is 4.75. The van der Waals surface area contributed by atoms with Crippen molar-refractivity contribution in [2.24, 2.45) is 0 Å². The van der Waals surface area contributed by atoms with Gasteiger partial charge in [0.1, 0.15) is 11.3 Å². The number of aromatic nitrogens is 2. The zero-order chi connectivity index (χ0) is 15.9. The smallest absolute Gasteiger partial charge is 0.175 e. The maximum absolute atomic E-state index is 14.6. The molecule has 112 valence electrons. The van der Waals surface area contributed by atoms with Crippen LogP contribution in [0, 0.1) is 18.6 Å². The quantitative estimate of drug-likeness (QED) is 0.663. The Hall–Kier alpha value is -2.08. The van der Waals surface area contributed by atoms with Gasteiger partial charge in [0.25, 0.3) is 0 Å². The summed E-state index contributed by atoms with van der Waals surface area (Å²) in [5.74, 6) is -1.39. The van der Waals surface area contributed by atoms with Crippen LogP contribution in [0.4, 0.5) is 8.78 Å². The fourth-order valence-electron chi connectivity index (χ4n) is 2.35. The van der Waals surface area contributed by atoms with E-state index in [9.17, 15) is 8.78 Å². The van der Waals surface area contributed by atoms with Gasteiger partial charge in [-0.25, -0.2) is 8.78 Å². The fraction of sp³-hybridized carbons (Fsp3) is 0.125. The fourth-order valence-corrected chi connectivity index (χ4v) is 2.77. The molecule has 0 saturated heterocycles. The van der Waals surface area contributed by atoms with Crippen LogP contribution in [0.15, 0.2) is 35.1 Å². The van der Waals surface area contributed by atoms with Crippen LogP contribution in [0.1, 0.15) is 5.56 Å². The summed E-state index contributed by atoms with van der Waals surface area (Å²) >= 11 is 3.37. The van der Waals surface area contributed by atoms with E-state index in [1.54, 1.807) is 19.1 Å². The van der Waals surface area contributed by atoms with Crippen LogP contribution in [0.3, 0.4) is 0 Å². The van der Waals surface area contributed by atoms with E-state index < -0.39 is 11.6 Å². The van der Waals surface area contributed by atoms with Crippen LogP contribution < -0.4 is 4.74 Å². The molecule has 0 unspecified atom stereocenters. The molecule has 0 fully saturated rings.